The molecule has 1 aromatic carbocycles. The molecule has 3 nitrogen and oxygen atoms in total. The minimum atomic E-state index is 0.142. The smallest absolute Gasteiger partial charge is 0.163 e. The summed E-state index contributed by atoms with van der Waals surface area (Å²) in [5, 5.41) is 8.56. The van der Waals surface area contributed by atoms with Crippen molar-refractivity contribution in [2.24, 2.45) is 0 Å². The molecule has 0 aromatic heterocycles. The van der Waals surface area contributed by atoms with E-state index in [-0.39, 0.29) is 6.61 Å². The van der Waals surface area contributed by atoms with E-state index < -0.39 is 0 Å². The van der Waals surface area contributed by atoms with Crippen LogP contribution < -0.4 is 10.7 Å². The first-order valence-corrected chi connectivity index (χ1v) is 6.27. The molecule has 0 unspecified atom stereocenters. The first-order chi connectivity index (χ1) is 9.22. The number of allylic oxidation sites excluding steroid dienone is 5. The second kappa shape index (κ2) is 8.89. The normalized spacial score (nSPS) is 13.1. The van der Waals surface area contributed by atoms with Gasteiger partial charge in [-0.05, 0) is 24.6 Å². The van der Waals surface area contributed by atoms with Crippen LogP contribution in [0.25, 0.3) is 6.08 Å². The molecule has 100 valence electrons. The highest BCUT2D eigenvalue weighted by Gasteiger charge is 1.88. The number of benzene rings is 1. The van der Waals surface area contributed by atoms with Gasteiger partial charge in [0.15, 0.2) is 12.8 Å². The third kappa shape index (κ3) is 7.01. The van der Waals surface area contributed by atoms with Crippen LogP contribution in [-0.2, 0) is 0 Å². The molecule has 0 aliphatic rings. The molecule has 0 aliphatic carbocycles. The van der Waals surface area contributed by atoms with Crippen molar-refractivity contribution in [3.05, 3.63) is 59.7 Å². The Kier molecular flexibility index (Phi) is 6.98. The van der Waals surface area contributed by atoms with E-state index in [1.165, 1.54) is 0 Å². The molecule has 4 N–H and O–H groups in total. The topological polar surface area (TPSA) is 60.2 Å². The predicted octanol–water partition coefficient (Wildman–Crippen LogP) is 0.928. The van der Waals surface area contributed by atoms with Crippen molar-refractivity contribution in [2.45, 2.75) is 6.92 Å². The van der Waals surface area contributed by atoms with Crippen molar-refractivity contribution in [1.29, 1.82) is 0 Å². The van der Waals surface area contributed by atoms with Crippen molar-refractivity contribution in [2.75, 3.05) is 18.9 Å². The summed E-state index contributed by atoms with van der Waals surface area (Å²) in [4.78, 5) is 2.95. The van der Waals surface area contributed by atoms with Crippen LogP contribution in [0.3, 0.4) is 0 Å². The number of nitrogens with two attached hydrogens (primary N) is 1. The van der Waals surface area contributed by atoms with Crippen molar-refractivity contribution < 1.29 is 10.1 Å². The summed E-state index contributed by atoms with van der Waals surface area (Å²) in [5.74, 6) is 0. The summed E-state index contributed by atoms with van der Waals surface area (Å²) < 4.78 is 0. The maximum absolute atomic E-state index is 8.56. The zero-order valence-electron chi connectivity index (χ0n) is 11.2. The number of hydrogen-bond donors (Lipinski definition) is 3. The zero-order chi connectivity index (χ0) is 13.9. The van der Waals surface area contributed by atoms with Gasteiger partial charge in [-0.3, -0.25) is 0 Å². The van der Waals surface area contributed by atoms with E-state index >= 15 is 0 Å². The molecule has 3 heteroatoms. The van der Waals surface area contributed by atoms with Gasteiger partial charge in [0.1, 0.15) is 6.61 Å². The van der Waals surface area contributed by atoms with Gasteiger partial charge in [-0.2, -0.15) is 0 Å². The molecular weight excluding hydrogens is 236 g/mol. The molecule has 0 spiro atoms. The number of aliphatic hydroxyl groups excluding tert-OH is 1. The van der Waals surface area contributed by atoms with Gasteiger partial charge < -0.3 is 10.8 Å². The van der Waals surface area contributed by atoms with Crippen LogP contribution in [0.2, 0.25) is 0 Å². The van der Waals surface area contributed by atoms with Gasteiger partial charge in [0.05, 0.1) is 0 Å². The molecule has 0 saturated carbocycles. The van der Waals surface area contributed by atoms with E-state index in [0.29, 0.717) is 6.54 Å². The predicted molar refractivity (Wildman–Crippen MR) is 81.8 cm³/mol. The fourth-order valence-electron chi connectivity index (χ4n) is 1.45. The Morgan fingerprint density at radius 1 is 1.21 bits per heavy atom. The number of anilines is 1. The molecule has 0 fully saturated rings. The monoisotopic (exact) mass is 257 g/mol. The lowest BCUT2D eigenvalue weighted by Crippen LogP contribution is -2.69. The molecular formula is C16H21N2O+. The van der Waals surface area contributed by atoms with Gasteiger partial charge in [0.25, 0.3) is 0 Å². The Morgan fingerprint density at radius 3 is 2.63 bits per heavy atom. The summed E-state index contributed by atoms with van der Waals surface area (Å²) >= 11 is 0. The number of nitrogen functional groups attached to an aromatic ring is 1. The van der Waals surface area contributed by atoms with Crippen LogP contribution in [0.15, 0.2) is 54.1 Å². The molecule has 0 bridgehead atoms. The van der Waals surface area contributed by atoms with Gasteiger partial charge in [-0.25, -0.2) is 4.99 Å². The van der Waals surface area contributed by atoms with Gasteiger partial charge in [-0.1, -0.05) is 42.0 Å². The summed E-state index contributed by atoms with van der Waals surface area (Å²) in [7, 11) is 0. The minimum absolute atomic E-state index is 0.142. The minimum Gasteiger partial charge on any atom is -0.399 e. The fraction of sp³-hybridized carbons (Fsp3) is 0.188. The van der Waals surface area contributed by atoms with E-state index in [1.54, 1.807) is 6.21 Å². The van der Waals surface area contributed by atoms with Crippen molar-refractivity contribution in [1.82, 2.24) is 0 Å². The quantitative estimate of drug-likeness (QED) is 0.403. The molecule has 1 aromatic rings. The molecule has 19 heavy (non-hydrogen) atoms. The fourth-order valence-corrected chi connectivity index (χ4v) is 1.45. The lowest BCUT2D eigenvalue weighted by Gasteiger charge is -1.96. The molecule has 0 atom stereocenters. The van der Waals surface area contributed by atoms with Crippen LogP contribution in [0, 0.1) is 0 Å². The molecule has 0 saturated heterocycles. The van der Waals surface area contributed by atoms with Gasteiger partial charge >= 0.3 is 0 Å². The Bertz CT molecular complexity index is 482. The number of aliphatic hydroxyl groups is 1. The van der Waals surface area contributed by atoms with Gasteiger partial charge in [0, 0.05) is 11.8 Å². The maximum Gasteiger partial charge on any atom is 0.163 e. The number of rotatable bonds is 6. The number of nitrogens with one attached hydrogen (secondary N) is 1. The Labute approximate surface area is 114 Å². The lowest BCUT2D eigenvalue weighted by atomic mass is 10.1. The molecule has 0 amide bonds. The second-order valence-electron chi connectivity index (χ2n) is 4.14. The number of hydrogen-bond acceptors (Lipinski definition) is 2. The third-order valence-electron chi connectivity index (χ3n) is 2.38. The van der Waals surface area contributed by atoms with Crippen molar-refractivity contribution in [3.63, 3.8) is 0 Å². The average molecular weight is 257 g/mol. The van der Waals surface area contributed by atoms with Crippen LogP contribution in [0.4, 0.5) is 5.69 Å². The van der Waals surface area contributed by atoms with Crippen molar-refractivity contribution in [3.8, 4) is 0 Å². The van der Waals surface area contributed by atoms with Gasteiger partial charge in [-0.15, -0.1) is 0 Å². The summed E-state index contributed by atoms with van der Waals surface area (Å²) in [6, 6.07) is 7.78. The zero-order valence-corrected chi connectivity index (χ0v) is 11.2. The first-order valence-electron chi connectivity index (χ1n) is 6.27. The Hall–Kier alpha value is -2.13. The molecule has 1 rings (SSSR count). The highest BCUT2D eigenvalue weighted by atomic mass is 16.3. The third-order valence-corrected chi connectivity index (χ3v) is 2.38. The van der Waals surface area contributed by atoms with Crippen LogP contribution in [0.5, 0.6) is 0 Å². The standard InChI is InChI=1S/C16H20N2O/c1-14(5-3-2-4-10-18-11-12-19)13-15-6-8-16(17)9-7-15/h2-10,13,19H,11-12,17H2,1H3/p+1/b4-2-,5-3+,14-13+,18-10?. The van der Waals surface area contributed by atoms with Gasteiger partial charge in [0.2, 0.25) is 0 Å². The Balaban J connectivity index is 2.49. The summed E-state index contributed by atoms with van der Waals surface area (Å²) in [6.07, 6.45) is 11.7. The highest BCUT2D eigenvalue weighted by molar-refractivity contribution is 5.66. The van der Waals surface area contributed by atoms with E-state index in [9.17, 15) is 0 Å². The lowest BCUT2D eigenvalue weighted by molar-refractivity contribution is -0.454. The molecule has 0 radical (unpaired) electrons. The molecule has 0 heterocycles. The molecule has 0 aliphatic heterocycles. The van der Waals surface area contributed by atoms with E-state index in [0.717, 1.165) is 16.8 Å². The first kappa shape index (κ1) is 14.9. The SMILES string of the molecule is CC(/C=C/C=C\C=[NH+]CCO)=C\c1ccc(N)cc1. The largest absolute Gasteiger partial charge is 0.399 e. The van der Waals surface area contributed by atoms with Crippen molar-refractivity contribution >= 4 is 18.0 Å². The highest BCUT2D eigenvalue weighted by Crippen LogP contribution is 2.10. The van der Waals surface area contributed by atoms with Crippen LogP contribution in [0.1, 0.15) is 12.5 Å². The van der Waals surface area contributed by atoms with Crippen LogP contribution >= 0.6 is 0 Å². The van der Waals surface area contributed by atoms with E-state index in [2.05, 4.69) is 18.0 Å². The Morgan fingerprint density at radius 2 is 1.95 bits per heavy atom. The average Bonchev–Trinajstić information content (AvgIpc) is 2.40. The van der Waals surface area contributed by atoms with E-state index in [1.807, 2.05) is 48.6 Å². The summed E-state index contributed by atoms with van der Waals surface area (Å²) in [5.41, 5.74) is 8.71. The van der Waals surface area contributed by atoms with E-state index in [4.69, 9.17) is 10.8 Å². The second-order valence-corrected chi connectivity index (χ2v) is 4.14. The summed E-state index contributed by atoms with van der Waals surface area (Å²) in [6.45, 7) is 2.77. The van der Waals surface area contributed by atoms with Crippen LogP contribution in [-0.4, -0.2) is 24.5 Å². The maximum atomic E-state index is 8.56.